The molecule has 1 atom stereocenters. The summed E-state index contributed by atoms with van der Waals surface area (Å²) in [7, 11) is -3.30. The van der Waals surface area contributed by atoms with Crippen molar-refractivity contribution in [3.05, 3.63) is 30.3 Å². The Morgan fingerprint density at radius 1 is 1.15 bits per heavy atom. The van der Waals surface area contributed by atoms with E-state index in [1.807, 2.05) is 13.0 Å². The van der Waals surface area contributed by atoms with Crippen LogP contribution < -0.4 is 10.6 Å². The van der Waals surface area contributed by atoms with Gasteiger partial charge in [0.2, 0.25) is 0 Å². The number of hydrogen-bond donors (Lipinski definition) is 2. The number of rotatable bonds is 12. The normalized spacial score (nSPS) is 13.6. The summed E-state index contributed by atoms with van der Waals surface area (Å²) in [5, 5.41) is 6.57. The van der Waals surface area contributed by atoms with Gasteiger partial charge in [-0.25, -0.2) is 8.42 Å². The largest absolute Gasteiger partial charge is 0.357 e. The number of aliphatic imine (C=N–C) groups is 1. The second-order valence-corrected chi connectivity index (χ2v) is 8.72. The van der Waals surface area contributed by atoms with E-state index in [1.54, 1.807) is 24.3 Å². The molecule has 0 spiro atoms. The molecule has 0 saturated carbocycles. The minimum absolute atomic E-state index is 0.00390. The summed E-state index contributed by atoms with van der Waals surface area (Å²) in [6.45, 7) is 12.7. The molecule has 27 heavy (non-hydrogen) atoms. The molecule has 0 radical (unpaired) electrons. The molecular weight excluding hydrogens is 360 g/mol. The van der Waals surface area contributed by atoms with E-state index in [0.29, 0.717) is 10.9 Å². The number of hydrogen-bond acceptors (Lipinski definition) is 4. The molecule has 154 valence electrons. The third-order valence-corrected chi connectivity index (χ3v) is 6.18. The monoisotopic (exact) mass is 396 g/mol. The minimum atomic E-state index is -3.30. The van der Waals surface area contributed by atoms with Crippen LogP contribution in [0.4, 0.5) is 0 Å². The van der Waals surface area contributed by atoms with Crippen LogP contribution in [0.5, 0.6) is 0 Å². The summed E-state index contributed by atoms with van der Waals surface area (Å²) >= 11 is 0. The molecule has 6 nitrogen and oxygen atoms in total. The topological polar surface area (TPSA) is 73.8 Å². The first-order chi connectivity index (χ1) is 12.9. The van der Waals surface area contributed by atoms with E-state index >= 15 is 0 Å². The quantitative estimate of drug-likeness (QED) is 0.419. The summed E-state index contributed by atoms with van der Waals surface area (Å²) in [5.74, 6) is 0.681. The molecule has 1 unspecified atom stereocenters. The number of nitrogens with one attached hydrogen (secondary N) is 2. The van der Waals surface area contributed by atoms with Gasteiger partial charge in [-0.15, -0.1) is 0 Å². The van der Waals surface area contributed by atoms with Crippen LogP contribution in [0.25, 0.3) is 0 Å². The predicted octanol–water partition coefficient (Wildman–Crippen LogP) is 2.53. The van der Waals surface area contributed by atoms with Crippen LogP contribution in [-0.4, -0.2) is 63.8 Å². The van der Waals surface area contributed by atoms with Gasteiger partial charge < -0.3 is 15.5 Å². The molecule has 0 bridgehead atoms. The molecule has 0 fully saturated rings. The zero-order valence-corrected chi connectivity index (χ0v) is 18.1. The lowest BCUT2D eigenvalue weighted by molar-refractivity contribution is 0.292. The van der Waals surface area contributed by atoms with Crippen molar-refractivity contribution in [1.82, 2.24) is 15.5 Å². The first-order valence-corrected chi connectivity index (χ1v) is 11.6. The third kappa shape index (κ3) is 9.24. The van der Waals surface area contributed by atoms with Crippen molar-refractivity contribution in [3.8, 4) is 0 Å². The Bertz CT molecular complexity index is 643. The first kappa shape index (κ1) is 23.4. The van der Waals surface area contributed by atoms with Crippen LogP contribution in [0.3, 0.4) is 0 Å². The Balaban J connectivity index is 2.51. The minimum Gasteiger partial charge on any atom is -0.357 e. The maximum atomic E-state index is 12.3. The summed E-state index contributed by atoms with van der Waals surface area (Å²) in [4.78, 5) is 7.21. The number of guanidine groups is 1. The number of sulfone groups is 1. The van der Waals surface area contributed by atoms with Gasteiger partial charge in [0, 0.05) is 12.6 Å². The molecule has 1 aromatic rings. The Kier molecular flexibility index (Phi) is 11.0. The van der Waals surface area contributed by atoms with Gasteiger partial charge in [0.25, 0.3) is 0 Å². The Morgan fingerprint density at radius 3 is 2.41 bits per heavy atom. The standard InChI is InChI=1S/C20H36N4O2S/c1-5-21-20(23-18(4)12-11-16-24(6-2)7-3)22-15-17-27(25,26)19-13-9-8-10-14-19/h8-10,13-14,18H,5-7,11-12,15-17H2,1-4H3,(H2,21,22,23). The summed E-state index contributed by atoms with van der Waals surface area (Å²) in [5.41, 5.74) is 0. The number of benzene rings is 1. The van der Waals surface area contributed by atoms with E-state index in [4.69, 9.17) is 0 Å². The van der Waals surface area contributed by atoms with Gasteiger partial charge in [-0.3, -0.25) is 4.99 Å². The third-order valence-electron chi connectivity index (χ3n) is 4.47. The SMILES string of the molecule is CCNC(=NCCS(=O)(=O)c1ccccc1)NC(C)CCCN(CC)CC. The van der Waals surface area contributed by atoms with E-state index < -0.39 is 9.84 Å². The zero-order chi connectivity index (χ0) is 20.1. The highest BCUT2D eigenvalue weighted by Gasteiger charge is 2.13. The smallest absolute Gasteiger partial charge is 0.191 e. The van der Waals surface area contributed by atoms with E-state index in [1.165, 1.54) is 0 Å². The molecule has 0 heterocycles. The zero-order valence-electron chi connectivity index (χ0n) is 17.2. The number of nitrogens with zero attached hydrogens (tertiary/aromatic N) is 2. The molecule has 0 aliphatic heterocycles. The van der Waals surface area contributed by atoms with E-state index in [-0.39, 0.29) is 18.3 Å². The van der Waals surface area contributed by atoms with Gasteiger partial charge in [-0.1, -0.05) is 32.0 Å². The van der Waals surface area contributed by atoms with E-state index in [2.05, 4.69) is 41.3 Å². The Hall–Kier alpha value is -1.60. The maximum absolute atomic E-state index is 12.3. The summed E-state index contributed by atoms with van der Waals surface area (Å²) < 4.78 is 24.7. The molecule has 7 heteroatoms. The second-order valence-electron chi connectivity index (χ2n) is 6.61. The lowest BCUT2D eigenvalue weighted by atomic mass is 10.2. The molecule has 1 rings (SSSR count). The molecule has 1 aromatic carbocycles. The van der Waals surface area contributed by atoms with Crippen molar-refractivity contribution in [2.45, 2.75) is 51.5 Å². The highest BCUT2D eigenvalue weighted by Crippen LogP contribution is 2.09. The Morgan fingerprint density at radius 2 is 1.81 bits per heavy atom. The van der Waals surface area contributed by atoms with Crippen LogP contribution in [0.15, 0.2) is 40.2 Å². The maximum Gasteiger partial charge on any atom is 0.191 e. The van der Waals surface area contributed by atoms with Gasteiger partial charge >= 0.3 is 0 Å². The van der Waals surface area contributed by atoms with Crippen molar-refractivity contribution in [2.24, 2.45) is 4.99 Å². The highest BCUT2D eigenvalue weighted by atomic mass is 32.2. The molecule has 0 amide bonds. The lowest BCUT2D eigenvalue weighted by Gasteiger charge is -2.21. The van der Waals surface area contributed by atoms with Crippen molar-refractivity contribution < 1.29 is 8.42 Å². The summed E-state index contributed by atoms with van der Waals surface area (Å²) in [6.07, 6.45) is 2.17. The molecule has 0 aromatic heterocycles. The fourth-order valence-electron chi connectivity index (χ4n) is 2.81. The van der Waals surface area contributed by atoms with Crippen LogP contribution in [-0.2, 0) is 9.84 Å². The van der Waals surface area contributed by atoms with Crippen molar-refractivity contribution in [1.29, 1.82) is 0 Å². The van der Waals surface area contributed by atoms with E-state index in [9.17, 15) is 8.42 Å². The van der Waals surface area contributed by atoms with E-state index in [0.717, 1.165) is 39.0 Å². The van der Waals surface area contributed by atoms with Crippen molar-refractivity contribution in [3.63, 3.8) is 0 Å². The fourth-order valence-corrected chi connectivity index (χ4v) is 3.95. The lowest BCUT2D eigenvalue weighted by Crippen LogP contribution is -2.42. The highest BCUT2D eigenvalue weighted by molar-refractivity contribution is 7.91. The van der Waals surface area contributed by atoms with Crippen LogP contribution in [0, 0.1) is 0 Å². The summed E-state index contributed by atoms with van der Waals surface area (Å²) in [6, 6.07) is 8.82. The fraction of sp³-hybridized carbons (Fsp3) is 0.650. The van der Waals surface area contributed by atoms with Crippen molar-refractivity contribution in [2.75, 3.05) is 38.5 Å². The van der Waals surface area contributed by atoms with Crippen LogP contribution in [0.1, 0.15) is 40.5 Å². The van der Waals surface area contributed by atoms with Gasteiger partial charge in [-0.2, -0.15) is 0 Å². The van der Waals surface area contributed by atoms with Gasteiger partial charge in [0.05, 0.1) is 17.2 Å². The predicted molar refractivity (Wildman–Crippen MR) is 114 cm³/mol. The molecule has 0 saturated heterocycles. The average Bonchev–Trinajstić information content (AvgIpc) is 2.66. The second kappa shape index (κ2) is 12.7. The molecule has 0 aliphatic rings. The molecular formula is C20H36N4O2S. The van der Waals surface area contributed by atoms with Crippen molar-refractivity contribution >= 4 is 15.8 Å². The van der Waals surface area contributed by atoms with Gasteiger partial charge in [0.1, 0.15) is 0 Å². The van der Waals surface area contributed by atoms with Crippen LogP contribution >= 0.6 is 0 Å². The van der Waals surface area contributed by atoms with Gasteiger partial charge in [-0.05, 0) is 58.5 Å². The molecule has 0 aliphatic carbocycles. The van der Waals surface area contributed by atoms with Gasteiger partial charge in [0.15, 0.2) is 15.8 Å². The average molecular weight is 397 g/mol. The Labute approximate surface area is 165 Å². The van der Waals surface area contributed by atoms with Crippen LogP contribution in [0.2, 0.25) is 0 Å². The molecule has 2 N–H and O–H groups in total. The first-order valence-electron chi connectivity index (χ1n) is 9.97.